The average molecular weight is 278 g/mol. The van der Waals surface area contributed by atoms with Gasteiger partial charge in [-0.15, -0.1) is 0 Å². The zero-order valence-corrected chi connectivity index (χ0v) is 13.7. The highest BCUT2D eigenvalue weighted by molar-refractivity contribution is 5.32. The largest absolute Gasteiger partial charge is 0.493 e. The number of rotatable bonds is 9. The molecular weight excluding hydrogens is 248 g/mol. The van der Waals surface area contributed by atoms with Gasteiger partial charge in [0.1, 0.15) is 5.75 Å². The van der Waals surface area contributed by atoms with E-state index < -0.39 is 0 Å². The van der Waals surface area contributed by atoms with Gasteiger partial charge in [0.15, 0.2) is 0 Å². The van der Waals surface area contributed by atoms with Crippen LogP contribution in [0.15, 0.2) is 12.3 Å². The van der Waals surface area contributed by atoms with E-state index in [4.69, 9.17) is 4.74 Å². The maximum absolute atomic E-state index is 5.95. The molecule has 0 aliphatic carbocycles. The fraction of sp³-hybridized carbons (Fsp3) is 0.706. The molecule has 0 aliphatic rings. The summed E-state index contributed by atoms with van der Waals surface area (Å²) in [7, 11) is 0. The van der Waals surface area contributed by atoms with Crippen LogP contribution in [0.5, 0.6) is 5.75 Å². The molecule has 0 saturated carbocycles. The highest BCUT2D eigenvalue weighted by atomic mass is 16.5. The summed E-state index contributed by atoms with van der Waals surface area (Å²) in [4.78, 5) is 4.37. The van der Waals surface area contributed by atoms with Gasteiger partial charge in [0.2, 0.25) is 0 Å². The first-order valence-electron chi connectivity index (χ1n) is 7.78. The molecular formula is C17H30N2O. The third-order valence-corrected chi connectivity index (χ3v) is 3.13. The summed E-state index contributed by atoms with van der Waals surface area (Å²) in [6, 6.07) is 2.04. The van der Waals surface area contributed by atoms with E-state index in [1.165, 1.54) is 6.42 Å². The van der Waals surface area contributed by atoms with E-state index in [1.807, 2.05) is 19.2 Å². The molecule has 1 aromatic heterocycles. The Balaban J connectivity index is 2.51. The number of hydrogen-bond acceptors (Lipinski definition) is 3. The number of aryl methyl sites for hydroxylation is 1. The number of ether oxygens (including phenoxy) is 1. The highest BCUT2D eigenvalue weighted by Crippen LogP contribution is 2.19. The van der Waals surface area contributed by atoms with Crippen molar-refractivity contribution < 1.29 is 4.74 Å². The number of aromatic nitrogens is 1. The Morgan fingerprint density at radius 2 is 1.95 bits per heavy atom. The molecule has 1 heterocycles. The molecule has 0 saturated heterocycles. The molecule has 114 valence electrons. The van der Waals surface area contributed by atoms with E-state index in [0.29, 0.717) is 5.92 Å². The molecule has 0 radical (unpaired) electrons. The van der Waals surface area contributed by atoms with E-state index in [0.717, 1.165) is 49.0 Å². The maximum atomic E-state index is 5.95. The van der Waals surface area contributed by atoms with E-state index in [2.05, 4.69) is 38.0 Å². The van der Waals surface area contributed by atoms with Crippen molar-refractivity contribution in [3.8, 4) is 5.75 Å². The Bertz CT molecular complexity index is 389. The van der Waals surface area contributed by atoms with Crippen molar-refractivity contribution in [2.45, 2.75) is 54.0 Å². The Kier molecular flexibility index (Phi) is 7.60. The second-order valence-electron chi connectivity index (χ2n) is 6.34. The fourth-order valence-electron chi connectivity index (χ4n) is 2.00. The van der Waals surface area contributed by atoms with Crippen LogP contribution < -0.4 is 10.1 Å². The van der Waals surface area contributed by atoms with Crippen LogP contribution in [0.4, 0.5) is 0 Å². The normalized spacial score (nSPS) is 11.3. The Labute approximate surface area is 124 Å². The second kappa shape index (κ2) is 8.96. The van der Waals surface area contributed by atoms with Gasteiger partial charge in [-0.25, -0.2) is 0 Å². The molecule has 0 aromatic carbocycles. The summed E-state index contributed by atoms with van der Waals surface area (Å²) in [5.74, 6) is 2.38. The summed E-state index contributed by atoms with van der Waals surface area (Å²) >= 11 is 0. The van der Waals surface area contributed by atoms with Crippen LogP contribution in [0.3, 0.4) is 0 Å². The molecule has 1 N–H and O–H groups in total. The maximum Gasteiger partial charge on any atom is 0.127 e. The predicted octanol–water partition coefficient (Wildman–Crippen LogP) is 3.95. The van der Waals surface area contributed by atoms with Gasteiger partial charge in [-0.2, -0.15) is 0 Å². The molecule has 0 spiro atoms. The summed E-state index contributed by atoms with van der Waals surface area (Å²) in [6.07, 6.45) is 4.25. The first-order chi connectivity index (χ1) is 9.49. The lowest BCUT2D eigenvalue weighted by atomic mass is 10.1. The monoisotopic (exact) mass is 278 g/mol. The minimum atomic E-state index is 0.656. The Morgan fingerprint density at radius 1 is 1.20 bits per heavy atom. The highest BCUT2D eigenvalue weighted by Gasteiger charge is 2.06. The summed E-state index contributed by atoms with van der Waals surface area (Å²) < 4.78 is 5.95. The lowest BCUT2D eigenvalue weighted by Crippen LogP contribution is -2.19. The molecule has 1 aromatic rings. The molecule has 0 bridgehead atoms. The molecule has 0 aliphatic heterocycles. The van der Waals surface area contributed by atoms with Crippen LogP contribution in [0.25, 0.3) is 0 Å². The van der Waals surface area contributed by atoms with Gasteiger partial charge < -0.3 is 10.1 Å². The number of pyridine rings is 1. The lowest BCUT2D eigenvalue weighted by Gasteiger charge is -2.14. The van der Waals surface area contributed by atoms with Gasteiger partial charge in [-0.3, -0.25) is 4.98 Å². The van der Waals surface area contributed by atoms with Gasteiger partial charge >= 0.3 is 0 Å². The number of hydrogen-bond donors (Lipinski definition) is 1. The molecule has 3 nitrogen and oxygen atoms in total. The van der Waals surface area contributed by atoms with Gasteiger partial charge in [-0.05, 0) is 38.1 Å². The second-order valence-corrected chi connectivity index (χ2v) is 6.34. The summed E-state index contributed by atoms with van der Waals surface area (Å²) in [5, 5.41) is 3.45. The summed E-state index contributed by atoms with van der Waals surface area (Å²) in [6.45, 7) is 13.6. The topological polar surface area (TPSA) is 34.1 Å². The third kappa shape index (κ3) is 6.90. The van der Waals surface area contributed by atoms with Crippen LogP contribution in [-0.4, -0.2) is 18.1 Å². The molecule has 0 amide bonds. The van der Waals surface area contributed by atoms with Gasteiger partial charge in [-0.1, -0.05) is 27.7 Å². The van der Waals surface area contributed by atoms with Gasteiger partial charge in [0.05, 0.1) is 6.61 Å². The smallest absolute Gasteiger partial charge is 0.127 e. The van der Waals surface area contributed by atoms with E-state index in [-0.39, 0.29) is 0 Å². The van der Waals surface area contributed by atoms with E-state index >= 15 is 0 Å². The zero-order chi connectivity index (χ0) is 15.0. The first-order valence-corrected chi connectivity index (χ1v) is 7.78. The van der Waals surface area contributed by atoms with Crippen molar-refractivity contribution in [3.63, 3.8) is 0 Å². The summed E-state index contributed by atoms with van der Waals surface area (Å²) in [5.41, 5.74) is 2.16. The average Bonchev–Trinajstić information content (AvgIpc) is 2.36. The van der Waals surface area contributed by atoms with E-state index in [9.17, 15) is 0 Å². The van der Waals surface area contributed by atoms with Crippen LogP contribution in [0.2, 0.25) is 0 Å². The van der Waals surface area contributed by atoms with Crippen LogP contribution >= 0.6 is 0 Å². The minimum absolute atomic E-state index is 0.656. The molecule has 0 unspecified atom stereocenters. The third-order valence-electron chi connectivity index (χ3n) is 3.13. The van der Waals surface area contributed by atoms with E-state index in [1.54, 1.807) is 0 Å². The molecule has 1 rings (SSSR count). The van der Waals surface area contributed by atoms with Crippen molar-refractivity contribution in [1.82, 2.24) is 10.3 Å². The first kappa shape index (κ1) is 17.0. The van der Waals surface area contributed by atoms with Crippen LogP contribution in [0, 0.1) is 18.8 Å². The van der Waals surface area contributed by atoms with Crippen molar-refractivity contribution >= 4 is 0 Å². The minimum Gasteiger partial charge on any atom is -0.493 e. The number of nitrogens with one attached hydrogen (secondary N) is 1. The van der Waals surface area contributed by atoms with Crippen LogP contribution in [-0.2, 0) is 6.54 Å². The molecule has 20 heavy (non-hydrogen) atoms. The Hall–Kier alpha value is -1.09. The van der Waals surface area contributed by atoms with Crippen LogP contribution in [0.1, 0.15) is 51.8 Å². The van der Waals surface area contributed by atoms with Crippen molar-refractivity contribution in [3.05, 3.63) is 23.5 Å². The van der Waals surface area contributed by atoms with Crippen molar-refractivity contribution in [1.29, 1.82) is 0 Å². The lowest BCUT2D eigenvalue weighted by molar-refractivity contribution is 0.293. The molecule has 3 heteroatoms. The van der Waals surface area contributed by atoms with Gasteiger partial charge in [0, 0.05) is 30.1 Å². The fourth-order valence-corrected chi connectivity index (χ4v) is 2.00. The standard InChI is InChI=1S/C17H30N2O/c1-13(2)7-6-8-20-17-9-15(5)19-12-16(17)11-18-10-14(3)4/h9,12-14,18H,6-8,10-11H2,1-5H3. The Morgan fingerprint density at radius 3 is 2.60 bits per heavy atom. The van der Waals surface area contributed by atoms with Gasteiger partial charge in [0.25, 0.3) is 0 Å². The zero-order valence-electron chi connectivity index (χ0n) is 13.7. The number of nitrogens with zero attached hydrogens (tertiary/aromatic N) is 1. The van der Waals surface area contributed by atoms with Crippen molar-refractivity contribution in [2.75, 3.05) is 13.2 Å². The SMILES string of the molecule is Cc1cc(OCCCC(C)C)c(CNCC(C)C)cn1. The molecule has 0 fully saturated rings. The molecule has 0 atom stereocenters. The predicted molar refractivity (Wildman–Crippen MR) is 85.1 cm³/mol. The quantitative estimate of drug-likeness (QED) is 0.694. The van der Waals surface area contributed by atoms with Crippen molar-refractivity contribution in [2.24, 2.45) is 11.8 Å².